The maximum atomic E-state index is 5.16. The SMILES string of the molecule is c1ccc(-n2c(-c3ccc4c(c3)c3ccccc3n4-c3cccc(-c4cccnc4)n3)nnc2-c2ccc3c4ccccc4n(-c4cccc(-c5cccnc5)n4)c3c2)cc1. The van der Waals surface area contributed by atoms with Crippen LogP contribution in [0.2, 0.25) is 0 Å². The predicted molar refractivity (Wildman–Crippen MR) is 243 cm³/mol. The Kier molecular flexibility index (Phi) is 7.95. The summed E-state index contributed by atoms with van der Waals surface area (Å²) in [6, 6.07) is 60.6. The third-order valence-electron chi connectivity index (χ3n) is 11.4. The maximum Gasteiger partial charge on any atom is 0.168 e. The molecule has 0 aliphatic carbocycles. The van der Waals surface area contributed by atoms with Crippen LogP contribution in [0.25, 0.3) is 106 Å². The monoisotopic (exact) mass is 783 g/mol. The van der Waals surface area contributed by atoms with Gasteiger partial charge in [0.2, 0.25) is 0 Å². The van der Waals surface area contributed by atoms with E-state index in [0.29, 0.717) is 0 Å². The fourth-order valence-corrected chi connectivity index (χ4v) is 8.64. The number of hydrogen-bond donors (Lipinski definition) is 0. The van der Waals surface area contributed by atoms with Crippen molar-refractivity contribution in [3.8, 4) is 62.6 Å². The summed E-state index contributed by atoms with van der Waals surface area (Å²) in [4.78, 5) is 19.0. The van der Waals surface area contributed by atoms with Crippen LogP contribution in [0.4, 0.5) is 0 Å². The van der Waals surface area contributed by atoms with Crippen LogP contribution in [0.15, 0.2) is 201 Å². The van der Waals surface area contributed by atoms with E-state index < -0.39 is 0 Å². The predicted octanol–water partition coefficient (Wildman–Crippen LogP) is 11.7. The van der Waals surface area contributed by atoms with Crippen LogP contribution in [-0.4, -0.2) is 43.8 Å². The van der Waals surface area contributed by atoms with E-state index in [0.717, 1.165) is 106 Å². The zero-order valence-corrected chi connectivity index (χ0v) is 32.6. The first-order valence-corrected chi connectivity index (χ1v) is 20.1. The highest BCUT2D eigenvalue weighted by Crippen LogP contribution is 2.38. The van der Waals surface area contributed by atoms with Gasteiger partial charge in [-0.25, -0.2) is 9.97 Å². The maximum absolute atomic E-state index is 5.16. The molecule has 9 nitrogen and oxygen atoms in total. The van der Waals surface area contributed by atoms with Crippen LogP contribution in [0, 0.1) is 0 Å². The quantitative estimate of drug-likeness (QED) is 0.160. The largest absolute Gasteiger partial charge is 0.294 e. The number of fused-ring (bicyclic) bond motifs is 6. The third kappa shape index (κ3) is 5.71. The average Bonchev–Trinajstić information content (AvgIpc) is 4.03. The van der Waals surface area contributed by atoms with E-state index in [2.05, 4.69) is 145 Å². The van der Waals surface area contributed by atoms with E-state index in [9.17, 15) is 0 Å². The smallest absolute Gasteiger partial charge is 0.168 e. The molecule has 5 aromatic carbocycles. The van der Waals surface area contributed by atoms with Crippen LogP contribution in [0.3, 0.4) is 0 Å². The van der Waals surface area contributed by atoms with Gasteiger partial charge in [-0.15, -0.1) is 10.2 Å². The molecule has 0 unspecified atom stereocenters. The van der Waals surface area contributed by atoms with Crippen LogP contribution < -0.4 is 0 Å². The van der Waals surface area contributed by atoms with Gasteiger partial charge in [0.1, 0.15) is 11.6 Å². The van der Waals surface area contributed by atoms with Gasteiger partial charge >= 0.3 is 0 Å². The molecule has 0 bridgehead atoms. The first kappa shape index (κ1) is 34.5. The number of benzene rings is 5. The minimum Gasteiger partial charge on any atom is -0.294 e. The highest BCUT2D eigenvalue weighted by Gasteiger charge is 2.22. The lowest BCUT2D eigenvalue weighted by Crippen LogP contribution is -2.01. The summed E-state index contributed by atoms with van der Waals surface area (Å²) < 4.78 is 6.63. The average molecular weight is 784 g/mol. The molecule has 0 aliphatic heterocycles. The summed E-state index contributed by atoms with van der Waals surface area (Å²) in [7, 11) is 0. The Morgan fingerprint density at radius 1 is 0.328 bits per heavy atom. The van der Waals surface area contributed by atoms with Gasteiger partial charge < -0.3 is 0 Å². The molecule has 0 atom stereocenters. The molecule has 0 N–H and O–H groups in total. The molecule has 286 valence electrons. The van der Waals surface area contributed by atoms with E-state index >= 15 is 0 Å². The summed E-state index contributed by atoms with van der Waals surface area (Å²) in [6.45, 7) is 0. The lowest BCUT2D eigenvalue weighted by molar-refractivity contribution is 1.07. The van der Waals surface area contributed by atoms with E-state index in [1.54, 1.807) is 12.4 Å². The lowest BCUT2D eigenvalue weighted by Gasteiger charge is -2.13. The molecule has 7 aromatic heterocycles. The van der Waals surface area contributed by atoms with Crippen molar-refractivity contribution in [1.82, 2.24) is 43.8 Å². The van der Waals surface area contributed by atoms with E-state index in [1.807, 2.05) is 67.0 Å². The molecule has 12 rings (SSSR count). The number of aromatic nitrogens is 9. The molecular formula is C52H33N9. The van der Waals surface area contributed by atoms with Gasteiger partial charge in [0.25, 0.3) is 0 Å². The standard InChI is InChI=1S/C52H33N9/c1-2-14-38(15-3-1)59-51(34-25-27-47-42(30-34)40-17-5-7-21-46(40)60(47)49-22-8-18-43(55-49)36-12-10-28-53-32-36)57-58-52(59)35-24-26-41-39-16-4-6-20-45(39)61(48(41)31-35)50-23-9-19-44(56-50)37-13-11-29-54-33-37/h1-33H. The second-order valence-corrected chi connectivity index (χ2v) is 14.9. The van der Waals surface area contributed by atoms with Gasteiger partial charge in [-0.3, -0.25) is 23.7 Å². The summed E-state index contributed by atoms with van der Waals surface area (Å²) in [6.07, 6.45) is 7.25. The Balaban J connectivity index is 1.03. The summed E-state index contributed by atoms with van der Waals surface area (Å²) in [5.41, 5.74) is 10.7. The van der Waals surface area contributed by atoms with Gasteiger partial charge in [-0.2, -0.15) is 0 Å². The van der Waals surface area contributed by atoms with Crippen molar-refractivity contribution in [3.63, 3.8) is 0 Å². The van der Waals surface area contributed by atoms with Gasteiger partial charge in [0.15, 0.2) is 11.6 Å². The fourth-order valence-electron chi connectivity index (χ4n) is 8.64. The Hall–Kier alpha value is -8.56. The van der Waals surface area contributed by atoms with Crippen LogP contribution >= 0.6 is 0 Å². The Morgan fingerprint density at radius 2 is 0.852 bits per heavy atom. The molecule has 0 saturated carbocycles. The van der Waals surface area contributed by atoms with Crippen molar-refractivity contribution in [2.45, 2.75) is 0 Å². The molecule has 9 heteroatoms. The molecular weight excluding hydrogens is 751 g/mol. The van der Waals surface area contributed by atoms with Crippen molar-refractivity contribution in [2.75, 3.05) is 0 Å². The van der Waals surface area contributed by atoms with Crippen molar-refractivity contribution in [1.29, 1.82) is 0 Å². The minimum atomic E-state index is 0.732. The molecule has 61 heavy (non-hydrogen) atoms. The van der Waals surface area contributed by atoms with Crippen molar-refractivity contribution in [2.24, 2.45) is 0 Å². The minimum absolute atomic E-state index is 0.732. The van der Waals surface area contributed by atoms with Crippen LogP contribution in [0.5, 0.6) is 0 Å². The summed E-state index contributed by atoms with van der Waals surface area (Å²) >= 11 is 0. The molecule has 12 aromatic rings. The van der Waals surface area contributed by atoms with Gasteiger partial charge in [-0.05, 0) is 97.1 Å². The van der Waals surface area contributed by atoms with E-state index in [1.165, 1.54) is 0 Å². The molecule has 0 saturated heterocycles. The van der Waals surface area contributed by atoms with E-state index in [4.69, 9.17) is 20.2 Å². The molecule has 7 heterocycles. The number of hydrogen-bond acceptors (Lipinski definition) is 6. The zero-order chi connectivity index (χ0) is 40.3. The van der Waals surface area contributed by atoms with Crippen molar-refractivity contribution in [3.05, 3.63) is 201 Å². The second-order valence-electron chi connectivity index (χ2n) is 14.9. The number of para-hydroxylation sites is 3. The van der Waals surface area contributed by atoms with E-state index in [-0.39, 0.29) is 0 Å². The van der Waals surface area contributed by atoms with Gasteiger partial charge in [-0.1, -0.05) is 78.9 Å². The van der Waals surface area contributed by atoms with Gasteiger partial charge in [0.05, 0.1) is 33.5 Å². The number of nitrogens with zero attached hydrogens (tertiary/aromatic N) is 9. The molecule has 0 radical (unpaired) electrons. The number of pyridine rings is 4. The zero-order valence-electron chi connectivity index (χ0n) is 32.6. The van der Waals surface area contributed by atoms with Crippen LogP contribution in [-0.2, 0) is 0 Å². The fraction of sp³-hybridized carbons (Fsp3) is 0. The molecule has 0 spiro atoms. The Labute approximate surface area is 349 Å². The second kappa shape index (κ2) is 14.1. The Morgan fingerprint density at radius 3 is 1.48 bits per heavy atom. The molecule has 0 fully saturated rings. The van der Waals surface area contributed by atoms with Gasteiger partial charge in [0, 0.05) is 74.3 Å². The van der Waals surface area contributed by atoms with Crippen molar-refractivity contribution < 1.29 is 0 Å². The first-order valence-electron chi connectivity index (χ1n) is 20.1. The highest BCUT2D eigenvalue weighted by atomic mass is 15.3. The lowest BCUT2D eigenvalue weighted by atomic mass is 10.1. The number of rotatable bonds is 7. The summed E-state index contributed by atoms with van der Waals surface area (Å²) in [5, 5.41) is 14.4. The molecule has 0 aliphatic rings. The molecule has 0 amide bonds. The highest BCUT2D eigenvalue weighted by molar-refractivity contribution is 6.11. The summed E-state index contributed by atoms with van der Waals surface area (Å²) in [5.74, 6) is 3.13. The van der Waals surface area contributed by atoms with Crippen LogP contribution in [0.1, 0.15) is 0 Å². The first-order chi connectivity index (χ1) is 30.3. The normalized spacial score (nSPS) is 11.6. The topological polar surface area (TPSA) is 92.1 Å². The Bertz CT molecular complexity index is 3590. The third-order valence-corrected chi connectivity index (χ3v) is 11.4. The van der Waals surface area contributed by atoms with Crippen molar-refractivity contribution >= 4 is 43.6 Å².